The molecule has 3 amide bonds. The first kappa shape index (κ1) is 40.2. The van der Waals surface area contributed by atoms with Crippen molar-refractivity contribution in [2.75, 3.05) is 19.8 Å². The van der Waals surface area contributed by atoms with Gasteiger partial charge in [0, 0.05) is 72.1 Å². The van der Waals surface area contributed by atoms with Crippen molar-refractivity contribution in [1.82, 2.24) is 29.7 Å². The van der Waals surface area contributed by atoms with Crippen molar-refractivity contribution < 1.29 is 46.5 Å². The number of allylic oxidation sites excluding steroid dienone is 1. The third kappa shape index (κ3) is 7.90. The number of nitrogens with one attached hydrogen (secondary N) is 1. The van der Waals surface area contributed by atoms with Crippen LogP contribution in [0.3, 0.4) is 0 Å². The third-order valence-electron chi connectivity index (χ3n) is 11.0. The molecule has 1 N–H and O–H groups in total. The van der Waals surface area contributed by atoms with E-state index in [1.165, 1.54) is 30.3 Å². The van der Waals surface area contributed by atoms with E-state index in [1.54, 1.807) is 18.5 Å². The lowest BCUT2D eigenvalue weighted by molar-refractivity contribution is -0.143. The van der Waals surface area contributed by atoms with Gasteiger partial charge in [-0.1, -0.05) is 24.6 Å². The molecule has 2 aromatic carbocycles. The number of carbonyl (C=O) groups excluding carboxylic acids is 3. The Morgan fingerprint density at radius 2 is 1.68 bits per heavy atom. The molecule has 4 aromatic heterocycles. The van der Waals surface area contributed by atoms with Crippen LogP contribution in [0.2, 0.25) is 0 Å². The number of fused-ring (bicyclic) bond motifs is 4. The monoisotopic (exact) mass is 842 g/mol. The van der Waals surface area contributed by atoms with Gasteiger partial charge < -0.3 is 28.8 Å². The molecule has 2 fully saturated rings. The van der Waals surface area contributed by atoms with E-state index in [-0.39, 0.29) is 42.7 Å². The molecule has 1 saturated carbocycles. The lowest BCUT2D eigenvalue weighted by Gasteiger charge is -2.35. The molecule has 0 bridgehead atoms. The molecule has 13 nitrogen and oxygen atoms in total. The summed E-state index contributed by atoms with van der Waals surface area (Å²) in [6.45, 7) is 3.73. The van der Waals surface area contributed by atoms with Crippen LogP contribution in [0.4, 0.5) is 13.2 Å². The number of hydrogen-bond donors (Lipinski definition) is 1. The zero-order chi connectivity index (χ0) is 43.1. The molecule has 0 spiro atoms. The van der Waals surface area contributed by atoms with Gasteiger partial charge >= 0.3 is 6.18 Å². The minimum absolute atomic E-state index is 0.0560. The highest BCUT2D eigenvalue weighted by Crippen LogP contribution is 2.38. The Labute approximate surface area is 352 Å². The summed E-state index contributed by atoms with van der Waals surface area (Å²) in [5.74, 6) is 3.99. The van der Waals surface area contributed by atoms with Crippen LogP contribution in [0.25, 0.3) is 32.9 Å². The molecule has 62 heavy (non-hydrogen) atoms. The predicted octanol–water partition coefficient (Wildman–Crippen LogP) is 7.03. The van der Waals surface area contributed by atoms with Gasteiger partial charge in [0.05, 0.1) is 23.3 Å². The summed E-state index contributed by atoms with van der Waals surface area (Å²) < 4.78 is 67.2. The van der Waals surface area contributed by atoms with Gasteiger partial charge in [0.15, 0.2) is 11.4 Å². The molecule has 6 heterocycles. The van der Waals surface area contributed by atoms with E-state index >= 15 is 0 Å². The number of alkyl halides is 3. The summed E-state index contributed by atoms with van der Waals surface area (Å²) in [7, 11) is 2.02. The number of piperidine rings is 1. The minimum Gasteiger partial charge on any atom is -0.491 e. The Hall–Kier alpha value is -7.25. The Bertz CT molecular complexity index is 2840. The fourth-order valence-electron chi connectivity index (χ4n) is 7.82. The zero-order valence-corrected chi connectivity index (χ0v) is 33.2. The molecule has 2 aliphatic heterocycles. The molecular formula is C46H37F3N6O7. The first-order valence-corrected chi connectivity index (χ1v) is 19.8. The molecule has 6 aromatic rings. The number of rotatable bonds is 11. The maximum absolute atomic E-state index is 14.1. The van der Waals surface area contributed by atoms with Gasteiger partial charge in [0.25, 0.3) is 11.8 Å². The molecule has 1 aliphatic carbocycles. The van der Waals surface area contributed by atoms with E-state index < -0.39 is 47.5 Å². The molecule has 0 radical (unpaired) electrons. The largest absolute Gasteiger partial charge is 0.491 e. The molecule has 3 aliphatic rings. The Kier molecular flexibility index (Phi) is 10.6. The van der Waals surface area contributed by atoms with Crippen LogP contribution in [0.1, 0.15) is 57.8 Å². The number of nitrogens with zero attached hydrogens (tertiary/aromatic N) is 5. The SMILES string of the molecule is C=C1CCC(N2C(=O)c3ccc(OCCOCC#Cc4ccc(OC5CC(Oc6ccc(-c7ccc8c9cnccc9n(C)c8c7)cn6)C5)c(C(F)(F)F)n4)cc3C2=O)C(=O)N1. The summed E-state index contributed by atoms with van der Waals surface area (Å²) in [6, 6.07) is 18.0. The zero-order valence-electron chi connectivity index (χ0n) is 33.2. The van der Waals surface area contributed by atoms with E-state index in [0.717, 1.165) is 37.8 Å². The first-order chi connectivity index (χ1) is 29.9. The fourth-order valence-corrected chi connectivity index (χ4v) is 7.82. The van der Waals surface area contributed by atoms with E-state index in [2.05, 4.69) is 55.4 Å². The lowest BCUT2D eigenvalue weighted by Crippen LogP contribution is -2.51. The summed E-state index contributed by atoms with van der Waals surface area (Å²) in [5, 5.41) is 4.79. The molecule has 16 heteroatoms. The number of aromatic nitrogens is 4. The van der Waals surface area contributed by atoms with Crippen molar-refractivity contribution >= 4 is 39.5 Å². The van der Waals surface area contributed by atoms with Crippen LogP contribution >= 0.6 is 0 Å². The highest BCUT2D eigenvalue weighted by atomic mass is 19.4. The smallest absolute Gasteiger partial charge is 0.437 e. The van der Waals surface area contributed by atoms with Crippen molar-refractivity contribution in [2.24, 2.45) is 7.05 Å². The number of hydrogen-bond acceptors (Lipinski definition) is 10. The standard InChI is InChI=1S/C46H37F3N6O7/c1-26-5-12-38(43(56)52-26)55-44(57)34-11-9-30(23-35(34)45(55)58)60-19-18-59-17-3-4-29-8-13-40(42(53-29)46(47,48)49)61-31-21-32(22-31)62-41-14-7-28(24-51-41)27-6-10-33-36-25-50-16-15-37(36)54(2)39(33)20-27/h6-11,13-16,20,23-25,31-32,38H,1,5,12,17-19,21-22H2,2H3,(H,52,56). The fraction of sp³-hybridized carbons (Fsp3) is 0.261. The molecule has 1 unspecified atom stereocenters. The van der Waals surface area contributed by atoms with Crippen molar-refractivity contribution in [3.63, 3.8) is 0 Å². The average molecular weight is 843 g/mol. The Balaban J connectivity index is 0.733. The molecule has 314 valence electrons. The average Bonchev–Trinajstić information content (AvgIpc) is 3.67. The molecular weight excluding hydrogens is 806 g/mol. The second-order valence-corrected chi connectivity index (χ2v) is 15.1. The highest BCUT2D eigenvalue weighted by molar-refractivity contribution is 6.23. The minimum atomic E-state index is -4.78. The van der Waals surface area contributed by atoms with Crippen molar-refractivity contribution in [3.05, 3.63) is 120 Å². The van der Waals surface area contributed by atoms with Crippen LogP contribution in [0.5, 0.6) is 17.4 Å². The van der Waals surface area contributed by atoms with Crippen LogP contribution in [0, 0.1) is 11.8 Å². The molecule has 9 rings (SSSR count). The van der Waals surface area contributed by atoms with E-state index in [4.69, 9.17) is 18.9 Å². The Morgan fingerprint density at radius 1 is 0.871 bits per heavy atom. The van der Waals surface area contributed by atoms with E-state index in [9.17, 15) is 27.6 Å². The number of aryl methyl sites for hydroxylation is 1. The number of carbonyl (C=O) groups is 3. The van der Waals surface area contributed by atoms with Gasteiger partial charge in [-0.25, -0.2) is 9.97 Å². The quantitative estimate of drug-likeness (QED) is 0.0820. The van der Waals surface area contributed by atoms with Gasteiger partial charge in [0.1, 0.15) is 42.9 Å². The van der Waals surface area contributed by atoms with Gasteiger partial charge in [-0.15, -0.1) is 0 Å². The maximum Gasteiger partial charge on any atom is 0.437 e. The maximum atomic E-state index is 14.1. The van der Waals surface area contributed by atoms with E-state index in [0.29, 0.717) is 43.0 Å². The van der Waals surface area contributed by atoms with Gasteiger partial charge in [0.2, 0.25) is 11.8 Å². The van der Waals surface area contributed by atoms with Gasteiger partial charge in [-0.3, -0.25) is 24.3 Å². The van der Waals surface area contributed by atoms with Gasteiger partial charge in [-0.05, 0) is 72.9 Å². The number of imide groups is 1. The van der Waals surface area contributed by atoms with Crippen LogP contribution in [-0.4, -0.2) is 80.2 Å². The van der Waals surface area contributed by atoms with Crippen molar-refractivity contribution in [2.45, 2.75) is 50.1 Å². The predicted molar refractivity (Wildman–Crippen MR) is 219 cm³/mol. The summed E-state index contributed by atoms with van der Waals surface area (Å²) >= 11 is 0. The number of amides is 3. The third-order valence-corrected chi connectivity index (χ3v) is 11.0. The number of ether oxygens (including phenoxy) is 4. The lowest BCUT2D eigenvalue weighted by atomic mass is 9.92. The highest BCUT2D eigenvalue weighted by Gasteiger charge is 2.44. The van der Waals surface area contributed by atoms with Gasteiger partial charge in [-0.2, -0.15) is 13.2 Å². The second-order valence-electron chi connectivity index (χ2n) is 15.1. The van der Waals surface area contributed by atoms with E-state index in [1.807, 2.05) is 31.4 Å². The number of benzene rings is 2. The Morgan fingerprint density at radius 3 is 2.47 bits per heavy atom. The second kappa shape index (κ2) is 16.3. The summed E-state index contributed by atoms with van der Waals surface area (Å²) in [6.07, 6.45) is 1.31. The topological polar surface area (TPSA) is 147 Å². The first-order valence-electron chi connectivity index (χ1n) is 19.8. The van der Waals surface area contributed by atoms with Crippen LogP contribution < -0.4 is 19.5 Å². The van der Waals surface area contributed by atoms with Crippen LogP contribution in [0.15, 0.2) is 97.6 Å². The normalized spacial score (nSPS) is 18.6. The van der Waals surface area contributed by atoms with Crippen LogP contribution in [-0.2, 0) is 22.8 Å². The molecule has 1 saturated heterocycles. The molecule has 1 atom stereocenters. The summed E-state index contributed by atoms with van der Waals surface area (Å²) in [4.78, 5) is 51.9. The number of pyridine rings is 3. The van der Waals surface area contributed by atoms with Crippen molar-refractivity contribution in [3.8, 4) is 40.3 Å². The number of halogens is 3. The van der Waals surface area contributed by atoms with Crippen molar-refractivity contribution in [1.29, 1.82) is 0 Å². The summed E-state index contributed by atoms with van der Waals surface area (Å²) in [5.41, 5.74) is 3.64.